The molecule has 1 aromatic heterocycles. The third-order valence-corrected chi connectivity index (χ3v) is 1.06. The number of aromatic nitrogens is 2. The van der Waals surface area contributed by atoms with Crippen LogP contribution >= 0.6 is 0 Å². The summed E-state index contributed by atoms with van der Waals surface area (Å²) in [7, 11) is 0. The minimum absolute atomic E-state index is 0.565. The molecule has 0 aliphatic heterocycles. The van der Waals surface area contributed by atoms with E-state index in [9.17, 15) is 0 Å². The zero-order chi connectivity index (χ0) is 7.40. The number of H-pyrrole nitrogens is 1. The summed E-state index contributed by atoms with van der Waals surface area (Å²) in [5.41, 5.74) is 0. The average Bonchev–Trinajstić information content (AvgIpc) is 2.34. The van der Waals surface area contributed by atoms with E-state index in [4.69, 9.17) is 4.74 Å². The first-order chi connectivity index (χ1) is 4.79. The average molecular weight is 140 g/mol. The van der Waals surface area contributed by atoms with Gasteiger partial charge in [-0.15, -0.1) is 0 Å². The van der Waals surface area contributed by atoms with E-state index in [0.29, 0.717) is 5.92 Å². The topological polar surface area (TPSA) is 37.9 Å². The zero-order valence-electron chi connectivity index (χ0n) is 6.29. The summed E-state index contributed by atoms with van der Waals surface area (Å²) in [6.07, 6.45) is 3.41. The van der Waals surface area contributed by atoms with Crippen molar-refractivity contribution < 1.29 is 4.74 Å². The largest absolute Gasteiger partial charge is 0.490 e. The quantitative estimate of drug-likeness (QED) is 0.690. The molecule has 0 aliphatic rings. The lowest BCUT2D eigenvalue weighted by Crippen LogP contribution is -2.03. The molecule has 0 fully saturated rings. The minimum atomic E-state index is 0.565. The lowest BCUT2D eigenvalue weighted by molar-refractivity contribution is 0.271. The van der Waals surface area contributed by atoms with Crippen LogP contribution in [-0.4, -0.2) is 16.8 Å². The molecule has 10 heavy (non-hydrogen) atoms. The van der Waals surface area contributed by atoms with Gasteiger partial charge in [0.15, 0.2) is 5.75 Å². The number of nitrogens with one attached hydrogen (secondary N) is 1. The van der Waals surface area contributed by atoms with E-state index in [-0.39, 0.29) is 0 Å². The standard InChI is InChI=1S/C7H12N2O/c1-6(2)5-10-7-3-8-9-4-7/h3-4,6H,5H2,1-2H3,(H,8,9). The maximum Gasteiger partial charge on any atom is 0.156 e. The number of nitrogens with zero attached hydrogens (tertiary/aromatic N) is 1. The van der Waals surface area contributed by atoms with Crippen LogP contribution in [0.25, 0.3) is 0 Å². The number of hydrogen-bond donors (Lipinski definition) is 1. The van der Waals surface area contributed by atoms with Crippen LogP contribution < -0.4 is 4.74 Å². The molecule has 3 nitrogen and oxygen atoms in total. The summed E-state index contributed by atoms with van der Waals surface area (Å²) in [4.78, 5) is 0. The van der Waals surface area contributed by atoms with Gasteiger partial charge in [-0.25, -0.2) is 0 Å². The van der Waals surface area contributed by atoms with Crippen molar-refractivity contribution in [2.75, 3.05) is 6.61 Å². The van der Waals surface area contributed by atoms with E-state index in [1.54, 1.807) is 12.4 Å². The minimum Gasteiger partial charge on any atom is -0.490 e. The Kier molecular flexibility index (Phi) is 2.31. The van der Waals surface area contributed by atoms with Crippen molar-refractivity contribution in [1.82, 2.24) is 10.2 Å². The number of ether oxygens (including phenoxy) is 1. The fraction of sp³-hybridized carbons (Fsp3) is 0.571. The second-order valence-electron chi connectivity index (χ2n) is 2.64. The number of hydrogen-bond acceptors (Lipinski definition) is 2. The molecule has 1 rings (SSSR count). The van der Waals surface area contributed by atoms with Crippen LogP contribution in [0.15, 0.2) is 12.4 Å². The Morgan fingerprint density at radius 2 is 2.50 bits per heavy atom. The van der Waals surface area contributed by atoms with Gasteiger partial charge in [-0.3, -0.25) is 5.10 Å². The molecule has 1 N–H and O–H groups in total. The Hall–Kier alpha value is -0.990. The molecule has 0 unspecified atom stereocenters. The van der Waals surface area contributed by atoms with E-state index in [1.807, 2.05) is 0 Å². The third kappa shape index (κ3) is 2.09. The first-order valence-corrected chi connectivity index (χ1v) is 3.40. The van der Waals surface area contributed by atoms with E-state index in [2.05, 4.69) is 24.0 Å². The van der Waals surface area contributed by atoms with Crippen molar-refractivity contribution in [3.05, 3.63) is 12.4 Å². The van der Waals surface area contributed by atoms with Gasteiger partial charge in [0.1, 0.15) is 0 Å². The van der Waals surface area contributed by atoms with Gasteiger partial charge in [0.05, 0.1) is 19.0 Å². The third-order valence-electron chi connectivity index (χ3n) is 1.06. The number of rotatable bonds is 3. The van der Waals surface area contributed by atoms with Crippen molar-refractivity contribution in [1.29, 1.82) is 0 Å². The van der Waals surface area contributed by atoms with Crippen LogP contribution in [-0.2, 0) is 0 Å². The lowest BCUT2D eigenvalue weighted by atomic mass is 10.2. The summed E-state index contributed by atoms with van der Waals surface area (Å²) in [5, 5.41) is 6.43. The van der Waals surface area contributed by atoms with Crippen LogP contribution in [0.5, 0.6) is 5.75 Å². The molecule has 0 bridgehead atoms. The second kappa shape index (κ2) is 3.25. The van der Waals surface area contributed by atoms with E-state index in [1.165, 1.54) is 0 Å². The zero-order valence-corrected chi connectivity index (χ0v) is 6.29. The maximum absolute atomic E-state index is 5.31. The van der Waals surface area contributed by atoms with Crippen LogP contribution in [0, 0.1) is 5.92 Å². The fourth-order valence-electron chi connectivity index (χ4n) is 0.581. The Morgan fingerprint density at radius 3 is 3.00 bits per heavy atom. The maximum atomic E-state index is 5.31. The Morgan fingerprint density at radius 1 is 1.70 bits per heavy atom. The molecule has 0 aliphatic carbocycles. The Balaban J connectivity index is 2.28. The van der Waals surface area contributed by atoms with Crippen molar-refractivity contribution in [3.63, 3.8) is 0 Å². The van der Waals surface area contributed by atoms with E-state index in [0.717, 1.165) is 12.4 Å². The SMILES string of the molecule is CC(C)COc1cn[nH]c1. The fourth-order valence-corrected chi connectivity index (χ4v) is 0.581. The highest BCUT2D eigenvalue weighted by Gasteiger charge is 1.95. The molecule has 0 saturated heterocycles. The molecule has 1 heterocycles. The molecule has 0 aromatic carbocycles. The molecular weight excluding hydrogens is 128 g/mol. The first kappa shape index (κ1) is 7.12. The Bertz CT molecular complexity index is 170. The van der Waals surface area contributed by atoms with Gasteiger partial charge in [0.25, 0.3) is 0 Å². The van der Waals surface area contributed by atoms with Gasteiger partial charge < -0.3 is 4.74 Å². The van der Waals surface area contributed by atoms with Gasteiger partial charge in [-0.2, -0.15) is 5.10 Å². The van der Waals surface area contributed by atoms with Crippen molar-refractivity contribution in [3.8, 4) is 5.75 Å². The van der Waals surface area contributed by atoms with Gasteiger partial charge in [-0.05, 0) is 5.92 Å². The molecule has 1 aromatic rings. The highest BCUT2D eigenvalue weighted by Crippen LogP contribution is 2.06. The molecule has 0 radical (unpaired) electrons. The van der Waals surface area contributed by atoms with Gasteiger partial charge in [0, 0.05) is 0 Å². The van der Waals surface area contributed by atoms with Crippen molar-refractivity contribution in [2.45, 2.75) is 13.8 Å². The highest BCUT2D eigenvalue weighted by atomic mass is 16.5. The molecule has 3 heteroatoms. The van der Waals surface area contributed by atoms with E-state index >= 15 is 0 Å². The summed E-state index contributed by atoms with van der Waals surface area (Å²) >= 11 is 0. The molecule has 0 atom stereocenters. The molecule has 56 valence electrons. The highest BCUT2D eigenvalue weighted by molar-refractivity contribution is 5.09. The summed E-state index contributed by atoms with van der Waals surface area (Å²) in [5.74, 6) is 1.38. The monoisotopic (exact) mass is 140 g/mol. The van der Waals surface area contributed by atoms with Crippen LogP contribution in [0.3, 0.4) is 0 Å². The first-order valence-electron chi connectivity index (χ1n) is 3.40. The second-order valence-corrected chi connectivity index (χ2v) is 2.64. The van der Waals surface area contributed by atoms with Crippen LogP contribution in [0.2, 0.25) is 0 Å². The molecule has 0 amide bonds. The van der Waals surface area contributed by atoms with Gasteiger partial charge >= 0.3 is 0 Å². The van der Waals surface area contributed by atoms with Crippen LogP contribution in [0.4, 0.5) is 0 Å². The van der Waals surface area contributed by atoms with Gasteiger partial charge in [-0.1, -0.05) is 13.8 Å². The summed E-state index contributed by atoms with van der Waals surface area (Å²) in [6.45, 7) is 4.97. The smallest absolute Gasteiger partial charge is 0.156 e. The summed E-state index contributed by atoms with van der Waals surface area (Å²) < 4.78 is 5.31. The van der Waals surface area contributed by atoms with Crippen LogP contribution in [0.1, 0.15) is 13.8 Å². The normalized spacial score (nSPS) is 10.3. The Labute approximate surface area is 60.4 Å². The number of aromatic amines is 1. The predicted octanol–water partition coefficient (Wildman–Crippen LogP) is 1.44. The van der Waals surface area contributed by atoms with Crippen molar-refractivity contribution in [2.24, 2.45) is 5.92 Å². The molecular formula is C7H12N2O. The molecule has 0 saturated carbocycles. The van der Waals surface area contributed by atoms with Gasteiger partial charge in [0.2, 0.25) is 0 Å². The molecule has 0 spiro atoms. The predicted molar refractivity (Wildman–Crippen MR) is 38.9 cm³/mol. The lowest BCUT2D eigenvalue weighted by Gasteiger charge is -2.04. The van der Waals surface area contributed by atoms with E-state index < -0.39 is 0 Å². The van der Waals surface area contributed by atoms with Crippen molar-refractivity contribution >= 4 is 0 Å². The summed E-state index contributed by atoms with van der Waals surface area (Å²) in [6, 6.07) is 0.